The Morgan fingerprint density at radius 2 is 1.82 bits per heavy atom. The zero-order chi connectivity index (χ0) is 15.9. The fourth-order valence-corrected chi connectivity index (χ4v) is 2.22. The molecule has 3 nitrogen and oxygen atoms in total. The van der Waals surface area contributed by atoms with Gasteiger partial charge in [-0.05, 0) is 43.2 Å². The lowest BCUT2D eigenvalue weighted by Crippen LogP contribution is -2.37. The molecule has 0 saturated heterocycles. The fourth-order valence-electron chi connectivity index (χ4n) is 1.91. The number of carbonyl (C=O) groups excluding carboxylic acids is 1. The average Bonchev–Trinajstić information content (AvgIpc) is 2.51. The van der Waals surface area contributed by atoms with Crippen LogP contribution in [0.3, 0.4) is 0 Å². The van der Waals surface area contributed by atoms with Gasteiger partial charge in [0.25, 0.3) is 5.91 Å². The molecular weight excluding hydrogens is 321 g/mol. The predicted octanol–water partition coefficient (Wildman–Crippen LogP) is 4.12. The molecule has 0 aliphatic carbocycles. The fraction of sp³-hybridized carbons (Fsp3) is 0.235. The van der Waals surface area contributed by atoms with Crippen LogP contribution in [-0.4, -0.2) is 18.6 Å². The molecular formula is C17H17Cl2NO2. The normalized spacial score (nSPS) is 11.8. The van der Waals surface area contributed by atoms with Crippen molar-refractivity contribution in [2.75, 3.05) is 6.54 Å². The molecule has 0 aliphatic heterocycles. The van der Waals surface area contributed by atoms with Crippen molar-refractivity contribution in [2.24, 2.45) is 0 Å². The summed E-state index contributed by atoms with van der Waals surface area (Å²) < 4.78 is 5.56. The van der Waals surface area contributed by atoms with E-state index in [4.69, 9.17) is 27.9 Å². The van der Waals surface area contributed by atoms with Crippen LogP contribution in [0.4, 0.5) is 0 Å². The van der Waals surface area contributed by atoms with Crippen molar-refractivity contribution in [1.82, 2.24) is 5.32 Å². The summed E-state index contributed by atoms with van der Waals surface area (Å²) in [5.74, 6) is 0.332. The predicted molar refractivity (Wildman–Crippen MR) is 89.7 cm³/mol. The maximum absolute atomic E-state index is 12.0. The molecule has 116 valence electrons. The van der Waals surface area contributed by atoms with Gasteiger partial charge in [-0.3, -0.25) is 4.79 Å². The summed E-state index contributed by atoms with van der Waals surface area (Å²) >= 11 is 11.8. The van der Waals surface area contributed by atoms with E-state index in [1.165, 1.54) is 0 Å². The summed E-state index contributed by atoms with van der Waals surface area (Å²) in [6, 6.07) is 14.6. The molecule has 2 rings (SSSR count). The van der Waals surface area contributed by atoms with Crippen LogP contribution in [0.5, 0.6) is 5.75 Å². The molecule has 2 aromatic carbocycles. The maximum Gasteiger partial charge on any atom is 0.260 e. The van der Waals surface area contributed by atoms with Crippen LogP contribution in [-0.2, 0) is 11.2 Å². The van der Waals surface area contributed by atoms with E-state index in [0.29, 0.717) is 22.3 Å². The Bertz CT molecular complexity index is 629. The van der Waals surface area contributed by atoms with Crippen molar-refractivity contribution in [2.45, 2.75) is 19.4 Å². The maximum atomic E-state index is 12.0. The van der Waals surface area contributed by atoms with Crippen LogP contribution < -0.4 is 10.1 Å². The number of amides is 1. The number of hydrogen-bond donors (Lipinski definition) is 1. The third-order valence-electron chi connectivity index (χ3n) is 3.14. The second-order valence-electron chi connectivity index (χ2n) is 4.86. The zero-order valence-corrected chi connectivity index (χ0v) is 13.7. The zero-order valence-electron chi connectivity index (χ0n) is 12.2. The minimum atomic E-state index is -0.606. The molecule has 0 heterocycles. The van der Waals surface area contributed by atoms with Crippen LogP contribution in [0.2, 0.25) is 10.0 Å². The third kappa shape index (κ3) is 4.93. The van der Waals surface area contributed by atoms with Crippen molar-refractivity contribution in [3.05, 3.63) is 64.1 Å². The van der Waals surface area contributed by atoms with Crippen molar-refractivity contribution in [1.29, 1.82) is 0 Å². The first-order valence-corrected chi connectivity index (χ1v) is 7.75. The summed E-state index contributed by atoms with van der Waals surface area (Å²) in [6.07, 6.45) is 0.131. The standard InChI is InChI=1S/C17H17Cl2NO2/c1-12(22-16-5-3-2-4-15(16)19)17(21)20-11-10-13-6-8-14(18)9-7-13/h2-9,12H,10-11H2,1H3,(H,20,21)/t12-/m0/s1. The summed E-state index contributed by atoms with van der Waals surface area (Å²) in [7, 11) is 0. The molecule has 0 spiro atoms. The van der Waals surface area contributed by atoms with E-state index in [1.807, 2.05) is 36.4 Å². The third-order valence-corrected chi connectivity index (χ3v) is 3.70. The minimum Gasteiger partial charge on any atom is -0.479 e. The van der Waals surface area contributed by atoms with Gasteiger partial charge in [-0.1, -0.05) is 47.5 Å². The van der Waals surface area contributed by atoms with Gasteiger partial charge in [0, 0.05) is 11.6 Å². The van der Waals surface area contributed by atoms with E-state index >= 15 is 0 Å². The summed E-state index contributed by atoms with van der Waals surface area (Å²) in [5.41, 5.74) is 1.12. The Balaban J connectivity index is 1.79. The van der Waals surface area contributed by atoms with Crippen LogP contribution in [0.1, 0.15) is 12.5 Å². The SMILES string of the molecule is C[C@H](Oc1ccccc1Cl)C(=O)NCCc1ccc(Cl)cc1. The number of hydrogen-bond acceptors (Lipinski definition) is 2. The van der Waals surface area contributed by atoms with Gasteiger partial charge in [-0.2, -0.15) is 0 Å². The molecule has 5 heteroatoms. The molecule has 0 radical (unpaired) electrons. The quantitative estimate of drug-likeness (QED) is 0.860. The van der Waals surface area contributed by atoms with Crippen molar-refractivity contribution in [3.8, 4) is 5.75 Å². The summed E-state index contributed by atoms with van der Waals surface area (Å²) in [6.45, 7) is 2.23. The first-order chi connectivity index (χ1) is 10.6. The van der Waals surface area contributed by atoms with Gasteiger partial charge in [0.15, 0.2) is 6.10 Å². The molecule has 0 saturated carbocycles. The Hall–Kier alpha value is -1.71. The van der Waals surface area contributed by atoms with Gasteiger partial charge in [0.1, 0.15) is 5.75 Å². The Kier molecular flexibility index (Phi) is 6.10. The van der Waals surface area contributed by atoms with Gasteiger partial charge in [0.05, 0.1) is 5.02 Å². The van der Waals surface area contributed by atoms with Gasteiger partial charge in [-0.15, -0.1) is 0 Å². The van der Waals surface area contributed by atoms with Gasteiger partial charge >= 0.3 is 0 Å². The number of halogens is 2. The lowest BCUT2D eigenvalue weighted by Gasteiger charge is -2.15. The van der Waals surface area contributed by atoms with Crippen molar-refractivity contribution < 1.29 is 9.53 Å². The molecule has 0 aromatic heterocycles. The Morgan fingerprint density at radius 1 is 1.14 bits per heavy atom. The first-order valence-electron chi connectivity index (χ1n) is 6.99. The number of benzene rings is 2. The van der Waals surface area contributed by atoms with E-state index in [0.717, 1.165) is 12.0 Å². The van der Waals surface area contributed by atoms with E-state index in [2.05, 4.69) is 5.32 Å². The Morgan fingerprint density at radius 3 is 2.50 bits per heavy atom. The number of carbonyl (C=O) groups is 1. The van der Waals surface area contributed by atoms with E-state index in [9.17, 15) is 4.79 Å². The lowest BCUT2D eigenvalue weighted by atomic mass is 10.1. The average molecular weight is 338 g/mol. The van der Waals surface area contributed by atoms with Crippen LogP contribution >= 0.6 is 23.2 Å². The van der Waals surface area contributed by atoms with Crippen molar-refractivity contribution in [3.63, 3.8) is 0 Å². The second-order valence-corrected chi connectivity index (χ2v) is 5.70. The highest BCUT2D eigenvalue weighted by Crippen LogP contribution is 2.24. The number of ether oxygens (including phenoxy) is 1. The van der Waals surface area contributed by atoms with Crippen LogP contribution in [0.15, 0.2) is 48.5 Å². The first kappa shape index (κ1) is 16.7. The molecule has 0 unspecified atom stereocenters. The molecule has 1 amide bonds. The van der Waals surface area contributed by atoms with Crippen LogP contribution in [0, 0.1) is 0 Å². The highest BCUT2D eigenvalue weighted by atomic mass is 35.5. The van der Waals surface area contributed by atoms with E-state index < -0.39 is 6.10 Å². The molecule has 22 heavy (non-hydrogen) atoms. The number of para-hydroxylation sites is 1. The topological polar surface area (TPSA) is 38.3 Å². The summed E-state index contributed by atoms with van der Waals surface area (Å²) in [4.78, 5) is 12.0. The molecule has 0 aliphatic rings. The Labute approximate surface area is 140 Å². The highest BCUT2D eigenvalue weighted by Gasteiger charge is 2.15. The molecule has 0 bridgehead atoms. The van der Waals surface area contributed by atoms with E-state index in [-0.39, 0.29) is 5.91 Å². The number of nitrogens with one attached hydrogen (secondary N) is 1. The molecule has 0 fully saturated rings. The second kappa shape index (κ2) is 8.06. The largest absolute Gasteiger partial charge is 0.479 e. The van der Waals surface area contributed by atoms with Gasteiger partial charge in [-0.25, -0.2) is 0 Å². The van der Waals surface area contributed by atoms with Gasteiger partial charge in [0.2, 0.25) is 0 Å². The highest BCUT2D eigenvalue weighted by molar-refractivity contribution is 6.32. The summed E-state index contributed by atoms with van der Waals surface area (Å²) in [5, 5.41) is 4.04. The molecule has 1 atom stereocenters. The number of rotatable bonds is 6. The lowest BCUT2D eigenvalue weighted by molar-refractivity contribution is -0.127. The van der Waals surface area contributed by atoms with E-state index in [1.54, 1.807) is 19.1 Å². The smallest absolute Gasteiger partial charge is 0.260 e. The molecule has 2 aromatic rings. The minimum absolute atomic E-state index is 0.172. The monoisotopic (exact) mass is 337 g/mol. The van der Waals surface area contributed by atoms with Crippen molar-refractivity contribution >= 4 is 29.1 Å². The molecule has 1 N–H and O–H groups in total. The van der Waals surface area contributed by atoms with Gasteiger partial charge < -0.3 is 10.1 Å². The van der Waals surface area contributed by atoms with Crippen LogP contribution in [0.25, 0.3) is 0 Å².